The molecule has 1 aliphatic heterocycles. The SMILES string of the molecule is CCOC(=O)C(C(=O)OCC)c1nc(NCCC2CCCCN2C(=O)OC(C)(C)C)ncc1Cl. The minimum Gasteiger partial charge on any atom is -0.465 e. The number of likely N-dealkylation sites (tertiary alicyclic amines) is 1. The van der Waals surface area contributed by atoms with Crippen LogP contribution in [0.1, 0.15) is 71.9 Å². The number of hydrogen-bond acceptors (Lipinski definition) is 9. The third kappa shape index (κ3) is 8.00. The van der Waals surface area contributed by atoms with Gasteiger partial charge in [-0.2, -0.15) is 0 Å². The van der Waals surface area contributed by atoms with Gasteiger partial charge in [0.05, 0.1) is 30.1 Å². The Kier molecular flexibility index (Phi) is 10.3. The van der Waals surface area contributed by atoms with Crippen LogP contribution in [0, 0.1) is 0 Å². The van der Waals surface area contributed by atoms with E-state index in [9.17, 15) is 14.4 Å². The Hall–Kier alpha value is -2.62. The van der Waals surface area contributed by atoms with E-state index in [1.165, 1.54) is 6.20 Å². The van der Waals surface area contributed by atoms with Crippen molar-refractivity contribution in [3.8, 4) is 0 Å². The fourth-order valence-electron chi connectivity index (χ4n) is 3.65. The second-order valence-corrected chi connectivity index (χ2v) is 9.31. The van der Waals surface area contributed by atoms with E-state index in [-0.39, 0.29) is 42.0 Å². The highest BCUT2D eigenvalue weighted by Crippen LogP contribution is 2.26. The molecule has 1 N–H and O–H groups in total. The highest BCUT2D eigenvalue weighted by atomic mass is 35.5. The summed E-state index contributed by atoms with van der Waals surface area (Å²) in [6.45, 7) is 10.1. The maximum atomic E-state index is 12.6. The molecule has 0 aromatic carbocycles. The summed E-state index contributed by atoms with van der Waals surface area (Å²) in [4.78, 5) is 47.7. The second-order valence-electron chi connectivity index (χ2n) is 8.90. The van der Waals surface area contributed by atoms with Crippen molar-refractivity contribution in [2.24, 2.45) is 0 Å². The largest absolute Gasteiger partial charge is 0.465 e. The number of hydrogen-bond donors (Lipinski definition) is 1. The number of esters is 2. The quantitative estimate of drug-likeness (QED) is 0.306. The van der Waals surface area contributed by atoms with E-state index in [0.29, 0.717) is 19.5 Å². The molecule has 10 nitrogen and oxygen atoms in total. The number of piperidine rings is 1. The normalized spacial score (nSPS) is 16.2. The van der Waals surface area contributed by atoms with Gasteiger partial charge < -0.3 is 24.4 Å². The molecule has 2 rings (SSSR count). The Morgan fingerprint density at radius 1 is 1.18 bits per heavy atom. The fraction of sp³-hybridized carbons (Fsp3) is 0.696. The van der Waals surface area contributed by atoms with Crippen LogP contribution in [-0.2, 0) is 23.8 Å². The zero-order chi connectivity index (χ0) is 25.3. The van der Waals surface area contributed by atoms with Crippen LogP contribution >= 0.6 is 11.6 Å². The smallest absolute Gasteiger partial charge is 0.410 e. The molecule has 190 valence electrons. The summed E-state index contributed by atoms with van der Waals surface area (Å²) < 4.78 is 15.6. The molecule has 11 heteroatoms. The van der Waals surface area contributed by atoms with E-state index < -0.39 is 23.5 Å². The second kappa shape index (κ2) is 12.7. The molecule has 1 atom stereocenters. The minimum absolute atomic E-state index is 0.0177. The van der Waals surface area contributed by atoms with Crippen LogP contribution in [0.15, 0.2) is 6.20 Å². The first-order chi connectivity index (χ1) is 16.1. The molecule has 1 amide bonds. The van der Waals surface area contributed by atoms with Crippen LogP contribution in [-0.4, -0.2) is 70.8 Å². The van der Waals surface area contributed by atoms with Crippen molar-refractivity contribution < 1.29 is 28.6 Å². The Bertz CT molecular complexity index is 842. The predicted octanol–water partition coefficient (Wildman–Crippen LogP) is 3.93. The summed E-state index contributed by atoms with van der Waals surface area (Å²) in [7, 11) is 0. The highest BCUT2D eigenvalue weighted by Gasteiger charge is 2.35. The molecular formula is C23H35ClN4O6. The lowest BCUT2D eigenvalue weighted by atomic mass is 10.00. The van der Waals surface area contributed by atoms with E-state index >= 15 is 0 Å². The van der Waals surface area contributed by atoms with Crippen LogP contribution in [0.5, 0.6) is 0 Å². The van der Waals surface area contributed by atoms with Crippen molar-refractivity contribution >= 4 is 35.6 Å². The maximum Gasteiger partial charge on any atom is 0.410 e. The molecule has 1 fully saturated rings. The van der Waals surface area contributed by atoms with E-state index in [1.54, 1.807) is 18.7 Å². The van der Waals surface area contributed by atoms with Crippen LogP contribution in [0.2, 0.25) is 5.02 Å². The molecule has 1 aromatic rings. The van der Waals surface area contributed by atoms with Gasteiger partial charge >= 0.3 is 18.0 Å². The van der Waals surface area contributed by atoms with Gasteiger partial charge in [-0.15, -0.1) is 0 Å². The lowest BCUT2D eigenvalue weighted by molar-refractivity contribution is -0.157. The van der Waals surface area contributed by atoms with Crippen molar-refractivity contribution in [3.05, 3.63) is 16.9 Å². The number of carbonyl (C=O) groups excluding carboxylic acids is 3. The van der Waals surface area contributed by atoms with Gasteiger partial charge in [-0.1, -0.05) is 11.6 Å². The topological polar surface area (TPSA) is 120 Å². The third-order valence-electron chi connectivity index (χ3n) is 5.11. The number of nitrogens with zero attached hydrogens (tertiary/aromatic N) is 3. The zero-order valence-corrected chi connectivity index (χ0v) is 21.3. The number of anilines is 1. The third-order valence-corrected chi connectivity index (χ3v) is 5.40. The first-order valence-electron chi connectivity index (χ1n) is 11.7. The summed E-state index contributed by atoms with van der Waals surface area (Å²) in [5.74, 6) is -2.78. The fourth-order valence-corrected chi connectivity index (χ4v) is 3.85. The van der Waals surface area contributed by atoms with Gasteiger partial charge in [0.2, 0.25) is 5.95 Å². The molecule has 0 radical (unpaired) electrons. The van der Waals surface area contributed by atoms with Crippen LogP contribution in [0.25, 0.3) is 0 Å². The van der Waals surface area contributed by atoms with Crippen molar-refractivity contribution in [2.45, 2.75) is 77.9 Å². The highest BCUT2D eigenvalue weighted by molar-refractivity contribution is 6.31. The summed E-state index contributed by atoms with van der Waals surface area (Å²) in [5, 5.41) is 3.16. The standard InChI is InChI=1S/C23H35ClN4O6/c1-6-32-19(29)17(20(30)33-7-2)18-16(24)14-26-21(27-18)25-12-11-15-10-8-9-13-28(15)22(31)34-23(3,4)5/h14-15,17H,6-13H2,1-5H3,(H,25,26,27). The molecule has 0 aliphatic carbocycles. The van der Waals surface area contributed by atoms with Gasteiger partial charge in [0.15, 0.2) is 5.92 Å². The van der Waals surface area contributed by atoms with Crippen molar-refractivity contribution in [1.82, 2.24) is 14.9 Å². The number of aromatic nitrogens is 2. The van der Waals surface area contributed by atoms with Crippen molar-refractivity contribution in [2.75, 3.05) is 31.6 Å². The summed E-state index contributed by atoms with van der Waals surface area (Å²) >= 11 is 6.22. The lowest BCUT2D eigenvalue weighted by Crippen LogP contribution is -2.46. The van der Waals surface area contributed by atoms with Crippen molar-refractivity contribution in [1.29, 1.82) is 0 Å². The van der Waals surface area contributed by atoms with E-state index in [2.05, 4.69) is 15.3 Å². The molecular weight excluding hydrogens is 464 g/mol. The van der Waals surface area contributed by atoms with Gasteiger partial charge in [-0.05, 0) is 60.3 Å². The Morgan fingerprint density at radius 2 is 1.82 bits per heavy atom. The number of nitrogens with one attached hydrogen (secondary N) is 1. The summed E-state index contributed by atoms with van der Waals surface area (Å²) in [6.07, 6.45) is 4.52. The molecule has 2 heterocycles. The Labute approximate surface area is 205 Å². The van der Waals surface area contributed by atoms with Gasteiger partial charge in [0.1, 0.15) is 5.60 Å². The number of halogens is 1. The van der Waals surface area contributed by atoms with Gasteiger partial charge in [-0.3, -0.25) is 9.59 Å². The maximum absolute atomic E-state index is 12.6. The minimum atomic E-state index is -1.41. The number of rotatable bonds is 9. The number of carbonyl (C=O) groups is 3. The molecule has 0 bridgehead atoms. The molecule has 1 saturated heterocycles. The van der Waals surface area contributed by atoms with Crippen molar-refractivity contribution in [3.63, 3.8) is 0 Å². The van der Waals surface area contributed by atoms with Gasteiger partial charge in [-0.25, -0.2) is 14.8 Å². The van der Waals surface area contributed by atoms with Gasteiger partial charge in [0, 0.05) is 19.1 Å². The molecule has 34 heavy (non-hydrogen) atoms. The lowest BCUT2D eigenvalue weighted by Gasteiger charge is -2.36. The van der Waals surface area contributed by atoms with Gasteiger partial charge in [0.25, 0.3) is 0 Å². The first-order valence-corrected chi connectivity index (χ1v) is 12.0. The summed E-state index contributed by atoms with van der Waals surface area (Å²) in [6, 6.07) is 0.0229. The zero-order valence-electron chi connectivity index (χ0n) is 20.6. The molecule has 1 aliphatic rings. The van der Waals surface area contributed by atoms with Crippen LogP contribution in [0.4, 0.5) is 10.7 Å². The van der Waals surface area contributed by atoms with E-state index in [0.717, 1.165) is 19.3 Å². The van der Waals surface area contributed by atoms with Crippen LogP contribution in [0.3, 0.4) is 0 Å². The number of amides is 1. The summed E-state index contributed by atoms with van der Waals surface area (Å²) in [5.41, 5.74) is -0.539. The average Bonchev–Trinajstić information content (AvgIpc) is 2.75. The molecule has 0 spiro atoms. The van der Waals surface area contributed by atoms with E-state index in [1.807, 2.05) is 20.8 Å². The predicted molar refractivity (Wildman–Crippen MR) is 127 cm³/mol. The monoisotopic (exact) mass is 498 g/mol. The van der Waals surface area contributed by atoms with Crippen LogP contribution < -0.4 is 5.32 Å². The Balaban J connectivity index is 2.10. The molecule has 1 aromatic heterocycles. The average molecular weight is 499 g/mol. The molecule has 1 unspecified atom stereocenters. The molecule has 0 saturated carbocycles. The number of ether oxygens (including phenoxy) is 3. The first kappa shape index (κ1) is 27.6. The van der Waals surface area contributed by atoms with E-state index in [4.69, 9.17) is 25.8 Å². The Morgan fingerprint density at radius 3 is 2.41 bits per heavy atom.